The third kappa shape index (κ3) is 5.21. The molecule has 1 aliphatic rings. The Bertz CT molecular complexity index is 767. The van der Waals surface area contributed by atoms with Gasteiger partial charge in [-0.2, -0.15) is 4.98 Å². The summed E-state index contributed by atoms with van der Waals surface area (Å²) in [5.74, 6) is 2.40. The first kappa shape index (κ1) is 19.2. The van der Waals surface area contributed by atoms with Crippen LogP contribution in [0, 0.1) is 6.92 Å². The molecule has 8 heteroatoms. The fourth-order valence-corrected chi connectivity index (χ4v) is 2.85. The lowest BCUT2D eigenvalue weighted by Gasteiger charge is -2.32. The highest BCUT2D eigenvalue weighted by Crippen LogP contribution is 2.31. The Morgan fingerprint density at radius 2 is 2.04 bits per heavy atom. The standard InChI is InChI=1S/C19H27N5O3/c1-13-9-18(20-2)23-19(21-13)22-14-5-6-16(26-3)17(10-14)27-12-15(25)11-24-7-4-8-24/h5-6,9-10,15,25H,4,7-8,11-12H2,1-3H3,(H2,20,21,22,23). The summed E-state index contributed by atoms with van der Waals surface area (Å²) in [6.07, 6.45) is 0.663. The minimum absolute atomic E-state index is 0.209. The van der Waals surface area contributed by atoms with Crippen molar-refractivity contribution in [2.24, 2.45) is 0 Å². The summed E-state index contributed by atoms with van der Waals surface area (Å²) in [4.78, 5) is 11.0. The number of aliphatic hydroxyl groups is 1. The van der Waals surface area contributed by atoms with Gasteiger partial charge in [0.15, 0.2) is 11.5 Å². The van der Waals surface area contributed by atoms with Crippen LogP contribution in [-0.2, 0) is 0 Å². The Hall–Kier alpha value is -2.58. The first-order chi connectivity index (χ1) is 13.1. The van der Waals surface area contributed by atoms with Crippen molar-refractivity contribution in [3.63, 3.8) is 0 Å². The normalized spacial score (nSPS) is 15.0. The van der Waals surface area contributed by atoms with Crippen LogP contribution >= 0.6 is 0 Å². The Morgan fingerprint density at radius 1 is 1.22 bits per heavy atom. The summed E-state index contributed by atoms with van der Waals surface area (Å²) in [7, 11) is 3.41. The van der Waals surface area contributed by atoms with Gasteiger partial charge in [-0.25, -0.2) is 4.98 Å². The predicted molar refractivity (Wildman–Crippen MR) is 105 cm³/mol. The number of hydrogen-bond acceptors (Lipinski definition) is 8. The fraction of sp³-hybridized carbons (Fsp3) is 0.474. The molecule has 0 spiro atoms. The lowest BCUT2D eigenvalue weighted by atomic mass is 10.2. The highest BCUT2D eigenvalue weighted by molar-refractivity contribution is 5.60. The van der Waals surface area contributed by atoms with Crippen LogP contribution < -0.4 is 20.1 Å². The molecule has 1 unspecified atom stereocenters. The van der Waals surface area contributed by atoms with Crippen molar-refractivity contribution in [1.82, 2.24) is 14.9 Å². The second-order valence-electron chi connectivity index (χ2n) is 6.58. The molecule has 1 aliphatic heterocycles. The number of rotatable bonds is 9. The number of anilines is 3. The first-order valence-corrected chi connectivity index (χ1v) is 9.09. The highest BCUT2D eigenvalue weighted by atomic mass is 16.5. The molecule has 3 rings (SSSR count). The zero-order chi connectivity index (χ0) is 19.2. The van der Waals surface area contributed by atoms with Gasteiger partial charge in [0.25, 0.3) is 0 Å². The fourth-order valence-electron chi connectivity index (χ4n) is 2.85. The van der Waals surface area contributed by atoms with Gasteiger partial charge < -0.3 is 30.1 Å². The number of nitrogens with one attached hydrogen (secondary N) is 2. The average molecular weight is 373 g/mol. The molecule has 27 heavy (non-hydrogen) atoms. The van der Waals surface area contributed by atoms with Gasteiger partial charge in [0.05, 0.1) is 7.11 Å². The molecule has 1 aromatic heterocycles. The van der Waals surface area contributed by atoms with Crippen LogP contribution in [0.5, 0.6) is 11.5 Å². The Kier molecular flexibility index (Phi) is 6.31. The van der Waals surface area contributed by atoms with Crippen LogP contribution in [0.3, 0.4) is 0 Å². The Morgan fingerprint density at radius 3 is 2.70 bits per heavy atom. The summed E-state index contributed by atoms with van der Waals surface area (Å²) in [5, 5.41) is 16.3. The number of aliphatic hydroxyl groups excluding tert-OH is 1. The summed E-state index contributed by atoms with van der Waals surface area (Å²) in [6.45, 7) is 4.84. The van der Waals surface area contributed by atoms with Crippen LogP contribution in [-0.4, -0.2) is 66.5 Å². The maximum absolute atomic E-state index is 10.2. The number of methoxy groups -OCH3 is 1. The van der Waals surface area contributed by atoms with Crippen LogP contribution in [0.2, 0.25) is 0 Å². The van der Waals surface area contributed by atoms with Gasteiger partial charge in [0, 0.05) is 37.1 Å². The lowest BCUT2D eigenvalue weighted by Crippen LogP contribution is -2.43. The smallest absolute Gasteiger partial charge is 0.229 e. The van der Waals surface area contributed by atoms with E-state index in [0.29, 0.717) is 24.0 Å². The topological polar surface area (TPSA) is 91.8 Å². The maximum Gasteiger partial charge on any atom is 0.229 e. The van der Waals surface area contributed by atoms with Gasteiger partial charge in [0.2, 0.25) is 5.95 Å². The van der Waals surface area contributed by atoms with Gasteiger partial charge in [-0.1, -0.05) is 0 Å². The minimum Gasteiger partial charge on any atom is -0.493 e. The average Bonchev–Trinajstić information content (AvgIpc) is 2.62. The lowest BCUT2D eigenvalue weighted by molar-refractivity contribution is 0.0460. The van der Waals surface area contributed by atoms with Crippen molar-refractivity contribution < 1.29 is 14.6 Å². The van der Waals surface area contributed by atoms with E-state index in [9.17, 15) is 5.11 Å². The van der Waals surface area contributed by atoms with Crippen molar-refractivity contribution in [2.45, 2.75) is 19.4 Å². The van der Waals surface area contributed by atoms with E-state index in [1.165, 1.54) is 6.42 Å². The van der Waals surface area contributed by atoms with Crippen LogP contribution in [0.4, 0.5) is 17.5 Å². The molecule has 0 bridgehead atoms. The van der Waals surface area contributed by atoms with E-state index in [4.69, 9.17) is 9.47 Å². The maximum atomic E-state index is 10.2. The van der Waals surface area contributed by atoms with Gasteiger partial charge in [0.1, 0.15) is 18.5 Å². The monoisotopic (exact) mass is 373 g/mol. The molecule has 2 aromatic rings. The van der Waals surface area contributed by atoms with E-state index in [2.05, 4.69) is 25.5 Å². The molecule has 0 saturated carbocycles. The highest BCUT2D eigenvalue weighted by Gasteiger charge is 2.18. The zero-order valence-electron chi connectivity index (χ0n) is 16.0. The van der Waals surface area contributed by atoms with E-state index in [0.717, 1.165) is 30.3 Å². The molecule has 0 aliphatic carbocycles. The van der Waals surface area contributed by atoms with Gasteiger partial charge >= 0.3 is 0 Å². The number of nitrogens with zero attached hydrogens (tertiary/aromatic N) is 3. The molecular formula is C19H27N5O3. The Labute approximate surface area is 159 Å². The molecular weight excluding hydrogens is 346 g/mol. The van der Waals surface area contributed by atoms with Gasteiger partial charge in [-0.3, -0.25) is 0 Å². The van der Waals surface area contributed by atoms with E-state index in [-0.39, 0.29) is 6.61 Å². The van der Waals surface area contributed by atoms with E-state index in [1.54, 1.807) is 7.11 Å². The third-order valence-electron chi connectivity index (χ3n) is 4.38. The van der Waals surface area contributed by atoms with E-state index >= 15 is 0 Å². The van der Waals surface area contributed by atoms with Crippen molar-refractivity contribution in [3.8, 4) is 11.5 Å². The molecule has 1 aromatic carbocycles. The SMILES string of the molecule is CNc1cc(C)nc(Nc2ccc(OC)c(OCC(O)CN3CCC3)c2)n1. The Balaban J connectivity index is 1.68. The first-order valence-electron chi connectivity index (χ1n) is 9.09. The summed E-state index contributed by atoms with van der Waals surface area (Å²) >= 11 is 0. The van der Waals surface area contributed by atoms with Crippen molar-refractivity contribution in [1.29, 1.82) is 0 Å². The summed E-state index contributed by atoms with van der Waals surface area (Å²) < 4.78 is 11.2. The van der Waals surface area contributed by atoms with Crippen molar-refractivity contribution >= 4 is 17.5 Å². The van der Waals surface area contributed by atoms with Gasteiger partial charge in [-0.05, 0) is 38.6 Å². The zero-order valence-corrected chi connectivity index (χ0v) is 16.0. The molecule has 0 amide bonds. The molecule has 8 nitrogen and oxygen atoms in total. The number of aryl methyl sites for hydroxylation is 1. The third-order valence-corrected chi connectivity index (χ3v) is 4.38. The minimum atomic E-state index is -0.537. The molecule has 1 atom stereocenters. The molecule has 3 N–H and O–H groups in total. The summed E-state index contributed by atoms with van der Waals surface area (Å²) in [6, 6.07) is 7.37. The second kappa shape index (κ2) is 8.88. The largest absolute Gasteiger partial charge is 0.493 e. The number of likely N-dealkylation sites (tertiary alicyclic amines) is 1. The van der Waals surface area contributed by atoms with Crippen molar-refractivity contribution in [3.05, 3.63) is 30.0 Å². The van der Waals surface area contributed by atoms with Crippen LogP contribution in [0.1, 0.15) is 12.1 Å². The van der Waals surface area contributed by atoms with Crippen molar-refractivity contribution in [2.75, 3.05) is 51.0 Å². The number of benzene rings is 1. The molecule has 146 valence electrons. The molecule has 2 heterocycles. The number of hydrogen-bond donors (Lipinski definition) is 3. The summed E-state index contributed by atoms with van der Waals surface area (Å²) in [5.41, 5.74) is 1.63. The van der Waals surface area contributed by atoms with Crippen LogP contribution in [0.15, 0.2) is 24.3 Å². The number of β-amino-alcohol motifs (C(OH)–C–C–N with tert-alkyl or cyclic N) is 1. The quantitative estimate of drug-likeness (QED) is 0.615. The number of ether oxygens (including phenoxy) is 2. The van der Waals surface area contributed by atoms with E-state index < -0.39 is 6.10 Å². The molecule has 1 fully saturated rings. The number of aromatic nitrogens is 2. The second-order valence-corrected chi connectivity index (χ2v) is 6.58. The van der Waals surface area contributed by atoms with Crippen LogP contribution in [0.25, 0.3) is 0 Å². The van der Waals surface area contributed by atoms with E-state index in [1.807, 2.05) is 38.2 Å². The predicted octanol–water partition coefficient (Wildman–Crippen LogP) is 2.02. The molecule has 0 radical (unpaired) electrons. The van der Waals surface area contributed by atoms with Gasteiger partial charge in [-0.15, -0.1) is 0 Å². The molecule has 1 saturated heterocycles.